The van der Waals surface area contributed by atoms with Crippen molar-refractivity contribution in [1.82, 2.24) is 10.2 Å². The Labute approximate surface area is 166 Å². The van der Waals surface area contributed by atoms with E-state index in [1.54, 1.807) is 6.92 Å². The molecule has 8 heteroatoms. The van der Waals surface area contributed by atoms with E-state index in [0.29, 0.717) is 18.6 Å². The minimum absolute atomic E-state index is 0.103. The molecule has 0 bridgehead atoms. The van der Waals surface area contributed by atoms with Crippen LogP contribution in [-0.2, 0) is 14.3 Å². The van der Waals surface area contributed by atoms with E-state index in [2.05, 4.69) is 32.7 Å². The predicted molar refractivity (Wildman–Crippen MR) is 106 cm³/mol. The topological polar surface area (TPSA) is 102 Å². The van der Waals surface area contributed by atoms with Gasteiger partial charge in [-0.1, -0.05) is 22.9 Å². The van der Waals surface area contributed by atoms with Crippen molar-refractivity contribution in [2.75, 3.05) is 39.5 Å². The van der Waals surface area contributed by atoms with Crippen molar-refractivity contribution in [2.24, 2.45) is 16.2 Å². The molecule has 0 spiro atoms. The number of nitrogens with two attached hydrogens (primary N) is 1. The molecule has 2 heterocycles. The highest BCUT2D eigenvalue weighted by atomic mass is 16.5. The largest absolute Gasteiger partial charge is 0.463 e. The molecule has 1 saturated heterocycles. The van der Waals surface area contributed by atoms with E-state index in [9.17, 15) is 4.79 Å². The Morgan fingerprint density at radius 3 is 2.93 bits per heavy atom. The minimum atomic E-state index is -0.329. The van der Waals surface area contributed by atoms with Crippen LogP contribution in [0, 0.1) is 0 Å². The van der Waals surface area contributed by atoms with E-state index in [1.165, 1.54) is 5.57 Å². The quantitative estimate of drug-likeness (QED) is 0.298. The zero-order valence-corrected chi connectivity index (χ0v) is 16.6. The van der Waals surface area contributed by atoms with Gasteiger partial charge in [0.15, 0.2) is 0 Å². The average molecular weight is 390 g/mol. The number of carbonyl (C=O) groups excluding carboxylic acids is 1. The summed E-state index contributed by atoms with van der Waals surface area (Å²) in [6.45, 7) is 6.99. The number of allylic oxidation sites excluding steroid dienone is 2. The number of nitrogens with zero attached hydrogens (tertiary/aromatic N) is 3. The average Bonchev–Trinajstić information content (AvgIpc) is 2.88. The summed E-state index contributed by atoms with van der Waals surface area (Å²) < 4.78 is 10.6. The SMILES string of the molecule is CCOC(=O)C1=CC2=CC=C(CCCN3CCOCC3)CC2NC(N=NN)C1. The minimum Gasteiger partial charge on any atom is -0.463 e. The lowest BCUT2D eigenvalue weighted by molar-refractivity contribution is -0.138. The Bertz CT molecular complexity index is 665. The van der Waals surface area contributed by atoms with Crippen molar-refractivity contribution < 1.29 is 14.3 Å². The van der Waals surface area contributed by atoms with Gasteiger partial charge in [-0.3, -0.25) is 10.2 Å². The standard InChI is InChI=1S/C20H31N5O3/c1-2-28-20(26)17-13-16-6-5-15(4-3-7-25-8-10-27-11-9-25)12-18(16)22-19(14-17)23-24-21/h5-6,13,18-19,22H,2-4,7-12,14H2,1H3,(H2,21,23). The molecule has 3 N–H and O–H groups in total. The van der Waals surface area contributed by atoms with Crippen molar-refractivity contribution in [3.8, 4) is 0 Å². The molecule has 8 nitrogen and oxygen atoms in total. The van der Waals surface area contributed by atoms with Gasteiger partial charge in [0.1, 0.15) is 6.17 Å². The highest BCUT2D eigenvalue weighted by Crippen LogP contribution is 2.28. The summed E-state index contributed by atoms with van der Waals surface area (Å²) in [5, 5.41) is 11.0. The molecular formula is C20H31N5O3. The fourth-order valence-corrected chi connectivity index (χ4v) is 3.90. The Kier molecular flexibility index (Phi) is 7.76. The fraction of sp³-hybridized carbons (Fsp3) is 0.650. The second-order valence-corrected chi connectivity index (χ2v) is 7.31. The summed E-state index contributed by atoms with van der Waals surface area (Å²) in [5.74, 6) is 4.96. The zero-order chi connectivity index (χ0) is 19.8. The maximum atomic E-state index is 12.3. The summed E-state index contributed by atoms with van der Waals surface area (Å²) >= 11 is 0. The third-order valence-electron chi connectivity index (χ3n) is 5.35. The number of fused-ring (bicyclic) bond motifs is 1. The summed E-state index contributed by atoms with van der Waals surface area (Å²) in [6.07, 6.45) is 9.42. The lowest BCUT2D eigenvalue weighted by Gasteiger charge is -2.28. The number of hydrogen-bond acceptors (Lipinski definition) is 7. The van der Waals surface area contributed by atoms with Crippen molar-refractivity contribution in [1.29, 1.82) is 0 Å². The molecule has 3 aliphatic rings. The van der Waals surface area contributed by atoms with E-state index in [1.807, 2.05) is 6.08 Å². The summed E-state index contributed by atoms with van der Waals surface area (Å²) in [6, 6.07) is 0.103. The first-order valence-corrected chi connectivity index (χ1v) is 10.1. The van der Waals surface area contributed by atoms with Gasteiger partial charge < -0.3 is 15.3 Å². The number of hydrogen-bond donors (Lipinski definition) is 2. The van der Waals surface area contributed by atoms with E-state index >= 15 is 0 Å². The first-order valence-electron chi connectivity index (χ1n) is 10.1. The smallest absolute Gasteiger partial charge is 0.334 e. The van der Waals surface area contributed by atoms with Gasteiger partial charge in [0.25, 0.3) is 0 Å². The summed E-state index contributed by atoms with van der Waals surface area (Å²) in [5.41, 5.74) is 3.09. The van der Waals surface area contributed by atoms with Gasteiger partial charge in [-0.25, -0.2) is 4.79 Å². The van der Waals surface area contributed by atoms with Crippen molar-refractivity contribution in [3.05, 3.63) is 34.9 Å². The maximum absolute atomic E-state index is 12.3. The third-order valence-corrected chi connectivity index (χ3v) is 5.35. The summed E-state index contributed by atoms with van der Waals surface area (Å²) in [7, 11) is 0. The van der Waals surface area contributed by atoms with Gasteiger partial charge in [-0.05, 0) is 44.4 Å². The van der Waals surface area contributed by atoms with Crippen LogP contribution in [0.25, 0.3) is 0 Å². The van der Waals surface area contributed by atoms with Gasteiger partial charge in [-0.2, -0.15) is 5.11 Å². The van der Waals surface area contributed by atoms with Crippen LogP contribution in [0.2, 0.25) is 0 Å². The molecule has 2 aliphatic heterocycles. The van der Waals surface area contributed by atoms with E-state index in [0.717, 1.165) is 57.7 Å². The van der Waals surface area contributed by atoms with Crippen molar-refractivity contribution in [2.45, 2.75) is 44.8 Å². The zero-order valence-electron chi connectivity index (χ0n) is 16.6. The molecule has 1 fully saturated rings. The van der Waals surface area contributed by atoms with Crippen LogP contribution in [-0.4, -0.2) is 62.5 Å². The molecule has 154 valence electrons. The molecule has 0 aromatic carbocycles. The summed E-state index contributed by atoms with van der Waals surface area (Å²) in [4.78, 5) is 14.7. The molecule has 0 amide bonds. The molecule has 0 radical (unpaired) electrons. The number of esters is 1. The predicted octanol–water partition coefficient (Wildman–Crippen LogP) is 1.86. The van der Waals surface area contributed by atoms with Gasteiger partial charge in [0.2, 0.25) is 0 Å². The van der Waals surface area contributed by atoms with Gasteiger partial charge in [0, 0.05) is 31.1 Å². The number of morpholine rings is 1. The first kappa shape index (κ1) is 20.7. The van der Waals surface area contributed by atoms with Crippen LogP contribution in [0.15, 0.2) is 45.3 Å². The number of ether oxygens (including phenoxy) is 2. The second-order valence-electron chi connectivity index (χ2n) is 7.31. The Morgan fingerprint density at radius 1 is 1.36 bits per heavy atom. The molecule has 28 heavy (non-hydrogen) atoms. The molecule has 0 saturated carbocycles. The monoisotopic (exact) mass is 389 g/mol. The maximum Gasteiger partial charge on any atom is 0.334 e. The van der Waals surface area contributed by atoms with Crippen LogP contribution < -0.4 is 11.2 Å². The molecule has 2 atom stereocenters. The van der Waals surface area contributed by atoms with Crippen molar-refractivity contribution in [3.63, 3.8) is 0 Å². The lowest BCUT2D eigenvalue weighted by atomic mass is 9.90. The first-order chi connectivity index (χ1) is 13.7. The molecular weight excluding hydrogens is 358 g/mol. The molecule has 1 aliphatic carbocycles. The molecule has 0 aromatic heterocycles. The molecule has 3 rings (SSSR count). The van der Waals surface area contributed by atoms with Crippen LogP contribution in [0.3, 0.4) is 0 Å². The Hall–Kier alpha value is -2.03. The number of nitrogens with one attached hydrogen (secondary N) is 1. The van der Waals surface area contributed by atoms with Crippen molar-refractivity contribution >= 4 is 5.97 Å². The van der Waals surface area contributed by atoms with Crippen LogP contribution >= 0.6 is 0 Å². The highest BCUT2D eigenvalue weighted by molar-refractivity contribution is 5.89. The molecule has 2 unspecified atom stereocenters. The number of rotatable bonds is 7. The second kappa shape index (κ2) is 10.5. The van der Waals surface area contributed by atoms with Crippen LogP contribution in [0.5, 0.6) is 0 Å². The van der Waals surface area contributed by atoms with Crippen LogP contribution in [0.1, 0.15) is 32.6 Å². The van der Waals surface area contributed by atoms with Gasteiger partial charge in [-0.15, -0.1) is 0 Å². The fourth-order valence-electron chi connectivity index (χ4n) is 3.90. The van der Waals surface area contributed by atoms with E-state index in [4.69, 9.17) is 15.3 Å². The third kappa shape index (κ3) is 5.73. The highest BCUT2D eigenvalue weighted by Gasteiger charge is 2.28. The van der Waals surface area contributed by atoms with Crippen LogP contribution in [0.4, 0.5) is 0 Å². The Balaban J connectivity index is 1.64. The number of carbonyl (C=O) groups is 1. The van der Waals surface area contributed by atoms with Gasteiger partial charge in [0.05, 0.1) is 19.8 Å². The lowest BCUT2D eigenvalue weighted by Crippen LogP contribution is -2.38. The van der Waals surface area contributed by atoms with E-state index in [-0.39, 0.29) is 18.2 Å². The van der Waals surface area contributed by atoms with E-state index < -0.39 is 0 Å². The Morgan fingerprint density at radius 2 is 2.18 bits per heavy atom. The normalized spacial score (nSPS) is 26.1. The van der Waals surface area contributed by atoms with Gasteiger partial charge >= 0.3 is 5.97 Å². The molecule has 0 aromatic rings.